The van der Waals surface area contributed by atoms with Crippen LogP contribution < -0.4 is 16.0 Å². The molecule has 2 heterocycles. The number of nitrogens with two attached hydrogens (primary N) is 1. The van der Waals surface area contributed by atoms with Crippen LogP contribution in [0.2, 0.25) is 0 Å². The summed E-state index contributed by atoms with van der Waals surface area (Å²) in [5, 5.41) is 6.67. The van der Waals surface area contributed by atoms with E-state index in [0.717, 1.165) is 5.69 Å². The molecule has 0 spiro atoms. The molecule has 0 radical (unpaired) electrons. The Labute approximate surface area is 111 Å². The predicted octanol–water partition coefficient (Wildman–Crippen LogP) is -0.194. The zero-order chi connectivity index (χ0) is 14.4. The smallest absolute Gasteiger partial charge is 0.251 e. The molecule has 0 bridgehead atoms. The van der Waals surface area contributed by atoms with Gasteiger partial charge in [-0.1, -0.05) is 6.92 Å². The molecule has 0 saturated carbocycles. The highest BCUT2D eigenvalue weighted by molar-refractivity contribution is 6.07. The van der Waals surface area contributed by atoms with Crippen LogP contribution >= 0.6 is 0 Å². The number of nitrogen functional groups attached to an aromatic ring is 1. The molecule has 19 heavy (non-hydrogen) atoms. The summed E-state index contributed by atoms with van der Waals surface area (Å²) in [6.45, 7) is 5.56. The van der Waals surface area contributed by atoms with Gasteiger partial charge in [0.15, 0.2) is 5.82 Å². The number of hydrogen-bond donors (Lipinski definition) is 2. The topological polar surface area (TPSA) is 93.2 Å². The Bertz CT molecular complexity index is 547. The molecular weight excluding hydrogens is 246 g/mol. The number of nitrogens with zero attached hydrogens (tertiary/aromatic N) is 3. The van der Waals surface area contributed by atoms with Crippen LogP contribution in [-0.4, -0.2) is 33.7 Å². The standard InChI is InChI=1S/C12H19N5O2/c1-5-7-9(13)10(16(4)15-7)17-6-8(18)14-11(19)12(17,2)3/h5-6,13H2,1-4H3,(H,14,18,19). The van der Waals surface area contributed by atoms with Crippen LogP contribution in [-0.2, 0) is 23.1 Å². The van der Waals surface area contributed by atoms with E-state index in [4.69, 9.17) is 5.73 Å². The predicted molar refractivity (Wildman–Crippen MR) is 71.6 cm³/mol. The molecule has 3 N–H and O–H groups in total. The summed E-state index contributed by atoms with van der Waals surface area (Å²) in [4.78, 5) is 25.3. The van der Waals surface area contributed by atoms with Crippen molar-refractivity contribution in [2.45, 2.75) is 32.7 Å². The summed E-state index contributed by atoms with van der Waals surface area (Å²) < 4.78 is 1.63. The number of piperazine rings is 1. The average molecular weight is 265 g/mol. The fourth-order valence-corrected chi connectivity index (χ4v) is 2.29. The fourth-order valence-electron chi connectivity index (χ4n) is 2.29. The number of rotatable bonds is 2. The van der Waals surface area contributed by atoms with Crippen molar-refractivity contribution in [3.05, 3.63) is 5.69 Å². The van der Waals surface area contributed by atoms with Gasteiger partial charge < -0.3 is 10.6 Å². The Morgan fingerprint density at radius 2 is 2.05 bits per heavy atom. The maximum atomic E-state index is 12.0. The van der Waals surface area contributed by atoms with E-state index < -0.39 is 5.54 Å². The molecule has 104 valence electrons. The number of nitrogens with one attached hydrogen (secondary N) is 1. The minimum Gasteiger partial charge on any atom is -0.394 e. The number of amides is 2. The van der Waals surface area contributed by atoms with Crippen molar-refractivity contribution in [3.63, 3.8) is 0 Å². The van der Waals surface area contributed by atoms with Gasteiger partial charge in [0.1, 0.15) is 5.54 Å². The van der Waals surface area contributed by atoms with Gasteiger partial charge in [0, 0.05) is 7.05 Å². The highest BCUT2D eigenvalue weighted by atomic mass is 16.2. The highest BCUT2D eigenvalue weighted by Gasteiger charge is 2.43. The molecule has 0 unspecified atom stereocenters. The zero-order valence-electron chi connectivity index (χ0n) is 11.6. The van der Waals surface area contributed by atoms with E-state index in [1.54, 1.807) is 30.5 Å². The van der Waals surface area contributed by atoms with Crippen molar-refractivity contribution in [1.29, 1.82) is 0 Å². The second-order valence-corrected chi connectivity index (χ2v) is 5.18. The van der Waals surface area contributed by atoms with E-state index in [9.17, 15) is 9.59 Å². The number of carbonyl (C=O) groups is 2. The third-order valence-corrected chi connectivity index (χ3v) is 3.50. The molecule has 2 rings (SSSR count). The summed E-state index contributed by atoms with van der Waals surface area (Å²) in [5.74, 6) is -0.0459. The lowest BCUT2D eigenvalue weighted by atomic mass is 9.98. The molecular formula is C12H19N5O2. The van der Waals surface area contributed by atoms with Gasteiger partial charge in [-0.2, -0.15) is 5.10 Å². The van der Waals surface area contributed by atoms with Gasteiger partial charge in [0.25, 0.3) is 5.91 Å². The van der Waals surface area contributed by atoms with Crippen molar-refractivity contribution in [3.8, 4) is 0 Å². The van der Waals surface area contributed by atoms with Gasteiger partial charge in [-0.25, -0.2) is 0 Å². The minimum absolute atomic E-state index is 0.0889. The van der Waals surface area contributed by atoms with Crippen molar-refractivity contribution in [2.75, 3.05) is 17.2 Å². The molecule has 2 amide bonds. The van der Waals surface area contributed by atoms with Crippen molar-refractivity contribution in [1.82, 2.24) is 15.1 Å². The minimum atomic E-state index is -0.846. The summed E-state index contributed by atoms with van der Waals surface area (Å²) in [7, 11) is 1.76. The number of aryl methyl sites for hydroxylation is 2. The number of aromatic nitrogens is 2. The number of hydrogen-bond acceptors (Lipinski definition) is 5. The molecule has 7 nitrogen and oxygen atoms in total. The van der Waals surface area contributed by atoms with E-state index >= 15 is 0 Å². The average Bonchev–Trinajstić information content (AvgIpc) is 2.60. The van der Waals surface area contributed by atoms with Gasteiger partial charge in [-0.15, -0.1) is 0 Å². The maximum Gasteiger partial charge on any atom is 0.251 e. The second kappa shape index (κ2) is 4.25. The SMILES string of the molecule is CCc1nn(C)c(N2CC(=O)NC(=O)C2(C)C)c1N. The van der Waals surface area contributed by atoms with E-state index in [1.807, 2.05) is 6.92 Å². The van der Waals surface area contributed by atoms with Crippen molar-refractivity contribution in [2.24, 2.45) is 7.05 Å². The molecule has 1 aliphatic rings. The molecule has 0 aromatic carbocycles. The van der Waals surface area contributed by atoms with Gasteiger partial charge in [-0.3, -0.25) is 19.6 Å². The van der Waals surface area contributed by atoms with Crippen LogP contribution in [0.4, 0.5) is 11.5 Å². The summed E-state index contributed by atoms with van der Waals surface area (Å²) in [6.07, 6.45) is 0.702. The van der Waals surface area contributed by atoms with E-state index in [1.165, 1.54) is 0 Å². The van der Waals surface area contributed by atoms with Gasteiger partial charge in [-0.05, 0) is 20.3 Å². The lowest BCUT2D eigenvalue weighted by molar-refractivity contribution is -0.135. The third kappa shape index (κ3) is 1.94. The lowest BCUT2D eigenvalue weighted by Crippen LogP contribution is -2.64. The molecule has 7 heteroatoms. The first-order valence-corrected chi connectivity index (χ1v) is 6.22. The number of imide groups is 1. The first kappa shape index (κ1) is 13.4. The lowest BCUT2D eigenvalue weighted by Gasteiger charge is -2.41. The van der Waals surface area contributed by atoms with E-state index in [0.29, 0.717) is 17.9 Å². The Hall–Kier alpha value is -2.05. The molecule has 0 atom stereocenters. The number of carbonyl (C=O) groups excluding carboxylic acids is 2. The summed E-state index contributed by atoms with van der Waals surface area (Å²) >= 11 is 0. The Kier molecular flexibility index (Phi) is 3.00. The van der Waals surface area contributed by atoms with Crippen LogP contribution in [0.5, 0.6) is 0 Å². The maximum absolute atomic E-state index is 12.0. The van der Waals surface area contributed by atoms with Crippen LogP contribution in [0.3, 0.4) is 0 Å². The van der Waals surface area contributed by atoms with E-state index in [2.05, 4.69) is 10.4 Å². The van der Waals surface area contributed by atoms with Gasteiger partial charge in [0.05, 0.1) is 17.9 Å². The van der Waals surface area contributed by atoms with Gasteiger partial charge >= 0.3 is 0 Å². The second-order valence-electron chi connectivity index (χ2n) is 5.18. The molecule has 0 aliphatic carbocycles. The first-order chi connectivity index (χ1) is 8.78. The highest BCUT2D eigenvalue weighted by Crippen LogP contribution is 2.32. The van der Waals surface area contributed by atoms with Gasteiger partial charge in [0.2, 0.25) is 5.91 Å². The first-order valence-electron chi connectivity index (χ1n) is 6.22. The summed E-state index contributed by atoms with van der Waals surface area (Å²) in [5.41, 5.74) is 6.54. The molecule has 1 saturated heterocycles. The fraction of sp³-hybridized carbons (Fsp3) is 0.583. The molecule has 1 aromatic rings. The van der Waals surface area contributed by atoms with Crippen LogP contribution in [0.25, 0.3) is 0 Å². The Balaban J connectivity index is 2.53. The Morgan fingerprint density at radius 1 is 1.42 bits per heavy atom. The van der Waals surface area contributed by atoms with Crippen LogP contribution in [0.15, 0.2) is 0 Å². The quantitative estimate of drug-likeness (QED) is 0.723. The Morgan fingerprint density at radius 3 is 2.58 bits per heavy atom. The van der Waals surface area contributed by atoms with Crippen molar-refractivity contribution >= 4 is 23.3 Å². The van der Waals surface area contributed by atoms with Crippen LogP contribution in [0.1, 0.15) is 26.5 Å². The van der Waals surface area contributed by atoms with Crippen molar-refractivity contribution < 1.29 is 9.59 Å². The third-order valence-electron chi connectivity index (χ3n) is 3.50. The molecule has 1 aromatic heterocycles. The summed E-state index contributed by atoms with van der Waals surface area (Å²) in [6, 6.07) is 0. The molecule has 1 fully saturated rings. The monoisotopic (exact) mass is 265 g/mol. The largest absolute Gasteiger partial charge is 0.394 e. The zero-order valence-corrected chi connectivity index (χ0v) is 11.6. The normalized spacial score (nSPS) is 18.6. The van der Waals surface area contributed by atoms with Crippen LogP contribution in [0, 0.1) is 0 Å². The molecule has 1 aliphatic heterocycles. The van der Waals surface area contributed by atoms with E-state index in [-0.39, 0.29) is 18.4 Å². The number of anilines is 2.